The Morgan fingerprint density at radius 1 is 0.900 bits per heavy atom. The molecule has 0 fully saturated rings. The van der Waals surface area contributed by atoms with Gasteiger partial charge in [0.15, 0.2) is 5.78 Å². The summed E-state index contributed by atoms with van der Waals surface area (Å²) in [5, 5.41) is 0. The Labute approximate surface area is 125 Å². The van der Waals surface area contributed by atoms with Crippen LogP contribution in [0.4, 0.5) is 0 Å². The number of aryl methyl sites for hydroxylation is 4. The highest BCUT2D eigenvalue weighted by atomic mass is 32.2. The molecule has 0 bridgehead atoms. The van der Waals surface area contributed by atoms with Crippen LogP contribution in [0.5, 0.6) is 0 Å². The van der Waals surface area contributed by atoms with Crippen LogP contribution < -0.4 is 0 Å². The Balaban J connectivity index is 2.12. The molecular formula is C18H20OS. The lowest BCUT2D eigenvalue weighted by Crippen LogP contribution is -2.05. The second-order valence-corrected chi connectivity index (χ2v) is 6.32. The number of hydrogen-bond acceptors (Lipinski definition) is 2. The van der Waals surface area contributed by atoms with Crippen molar-refractivity contribution in [3.8, 4) is 0 Å². The lowest BCUT2D eigenvalue weighted by atomic mass is 10.0. The average molecular weight is 284 g/mol. The smallest absolute Gasteiger partial charge is 0.173 e. The van der Waals surface area contributed by atoms with E-state index in [4.69, 9.17) is 0 Å². The SMILES string of the molecule is Cc1ccc(C)c(SCC(=O)c2cc(C)ccc2C)c1. The fourth-order valence-corrected chi connectivity index (χ4v) is 3.13. The van der Waals surface area contributed by atoms with Crippen molar-refractivity contribution in [2.24, 2.45) is 0 Å². The molecule has 1 nitrogen and oxygen atoms in total. The van der Waals surface area contributed by atoms with Gasteiger partial charge in [-0.25, -0.2) is 0 Å². The van der Waals surface area contributed by atoms with E-state index in [1.165, 1.54) is 16.0 Å². The molecule has 104 valence electrons. The molecule has 0 unspecified atom stereocenters. The van der Waals surface area contributed by atoms with Gasteiger partial charge in [0.25, 0.3) is 0 Å². The van der Waals surface area contributed by atoms with E-state index >= 15 is 0 Å². The molecule has 0 amide bonds. The first-order chi connectivity index (χ1) is 9.47. The fraction of sp³-hybridized carbons (Fsp3) is 0.278. The van der Waals surface area contributed by atoms with Crippen LogP contribution in [0.15, 0.2) is 41.3 Å². The van der Waals surface area contributed by atoms with Crippen LogP contribution in [0, 0.1) is 27.7 Å². The van der Waals surface area contributed by atoms with Crippen molar-refractivity contribution >= 4 is 17.5 Å². The molecule has 2 rings (SSSR count). The molecule has 0 saturated carbocycles. The largest absolute Gasteiger partial charge is 0.293 e. The lowest BCUT2D eigenvalue weighted by molar-refractivity contribution is 0.102. The second-order valence-electron chi connectivity index (χ2n) is 5.30. The molecule has 20 heavy (non-hydrogen) atoms. The van der Waals surface area contributed by atoms with Crippen LogP contribution in [-0.2, 0) is 0 Å². The van der Waals surface area contributed by atoms with Crippen molar-refractivity contribution in [1.82, 2.24) is 0 Å². The van der Waals surface area contributed by atoms with Gasteiger partial charge in [0.05, 0.1) is 5.75 Å². The number of carbonyl (C=O) groups excluding carboxylic acids is 1. The Morgan fingerprint density at radius 2 is 1.50 bits per heavy atom. The van der Waals surface area contributed by atoms with E-state index in [0.717, 1.165) is 16.7 Å². The first kappa shape index (κ1) is 14.9. The standard InChI is InChI=1S/C18H20OS/c1-12-5-7-14(3)16(9-12)17(19)11-20-18-10-13(2)6-8-15(18)4/h5-10H,11H2,1-4H3. The Bertz CT molecular complexity index is 644. The number of hydrogen-bond donors (Lipinski definition) is 0. The molecule has 2 aromatic carbocycles. The molecule has 0 aromatic heterocycles. The fourth-order valence-electron chi connectivity index (χ4n) is 2.12. The molecule has 0 heterocycles. The van der Waals surface area contributed by atoms with E-state index in [1.807, 2.05) is 32.0 Å². The highest BCUT2D eigenvalue weighted by Crippen LogP contribution is 2.25. The van der Waals surface area contributed by atoms with Gasteiger partial charge in [-0.3, -0.25) is 4.79 Å². The summed E-state index contributed by atoms with van der Waals surface area (Å²) in [5.74, 6) is 0.700. The van der Waals surface area contributed by atoms with E-state index in [2.05, 4.69) is 32.0 Å². The average Bonchev–Trinajstić information content (AvgIpc) is 2.42. The Morgan fingerprint density at radius 3 is 2.20 bits per heavy atom. The van der Waals surface area contributed by atoms with Crippen LogP contribution in [0.25, 0.3) is 0 Å². The predicted octanol–water partition coefficient (Wildman–Crippen LogP) is 4.90. The maximum atomic E-state index is 12.4. The van der Waals surface area contributed by atoms with E-state index < -0.39 is 0 Å². The molecule has 0 N–H and O–H groups in total. The van der Waals surface area contributed by atoms with Crippen LogP contribution >= 0.6 is 11.8 Å². The van der Waals surface area contributed by atoms with Gasteiger partial charge in [0.2, 0.25) is 0 Å². The van der Waals surface area contributed by atoms with Gasteiger partial charge in [-0.05, 0) is 51.0 Å². The van der Waals surface area contributed by atoms with Gasteiger partial charge in [0.1, 0.15) is 0 Å². The monoisotopic (exact) mass is 284 g/mol. The summed E-state index contributed by atoms with van der Waals surface area (Å²) in [4.78, 5) is 13.6. The van der Waals surface area contributed by atoms with Crippen LogP contribution in [-0.4, -0.2) is 11.5 Å². The van der Waals surface area contributed by atoms with Gasteiger partial charge >= 0.3 is 0 Å². The molecule has 0 aliphatic heterocycles. The van der Waals surface area contributed by atoms with E-state index in [1.54, 1.807) is 11.8 Å². The zero-order valence-corrected chi connectivity index (χ0v) is 13.3. The van der Waals surface area contributed by atoms with Crippen LogP contribution in [0.2, 0.25) is 0 Å². The van der Waals surface area contributed by atoms with Gasteiger partial charge in [0, 0.05) is 10.5 Å². The topological polar surface area (TPSA) is 17.1 Å². The molecule has 2 heteroatoms. The molecule has 0 saturated heterocycles. The third-order valence-electron chi connectivity index (χ3n) is 3.40. The van der Waals surface area contributed by atoms with Crippen molar-refractivity contribution in [2.45, 2.75) is 32.6 Å². The van der Waals surface area contributed by atoms with Crippen molar-refractivity contribution < 1.29 is 4.79 Å². The quantitative estimate of drug-likeness (QED) is 0.587. The summed E-state index contributed by atoms with van der Waals surface area (Å²) >= 11 is 1.63. The van der Waals surface area contributed by atoms with Gasteiger partial charge < -0.3 is 0 Å². The normalized spacial score (nSPS) is 10.6. The minimum atomic E-state index is 0.206. The molecule has 2 aromatic rings. The summed E-state index contributed by atoms with van der Waals surface area (Å²) in [6.07, 6.45) is 0. The highest BCUT2D eigenvalue weighted by molar-refractivity contribution is 8.00. The van der Waals surface area contributed by atoms with Crippen LogP contribution in [0.1, 0.15) is 32.6 Å². The number of Topliss-reactive ketones (excluding diaryl/α,β-unsaturated/α-hetero) is 1. The minimum Gasteiger partial charge on any atom is -0.293 e. The number of ketones is 1. The molecule has 0 radical (unpaired) electrons. The van der Waals surface area contributed by atoms with E-state index in [9.17, 15) is 4.79 Å². The van der Waals surface area contributed by atoms with Crippen LogP contribution in [0.3, 0.4) is 0 Å². The maximum absolute atomic E-state index is 12.4. The van der Waals surface area contributed by atoms with E-state index in [-0.39, 0.29) is 5.78 Å². The molecular weight excluding hydrogens is 264 g/mol. The molecule has 0 atom stereocenters. The zero-order valence-electron chi connectivity index (χ0n) is 12.5. The predicted molar refractivity (Wildman–Crippen MR) is 86.9 cm³/mol. The summed E-state index contributed by atoms with van der Waals surface area (Å²) in [6.45, 7) is 8.18. The van der Waals surface area contributed by atoms with Gasteiger partial charge in [-0.2, -0.15) is 0 Å². The van der Waals surface area contributed by atoms with Crippen molar-refractivity contribution in [3.63, 3.8) is 0 Å². The summed E-state index contributed by atoms with van der Waals surface area (Å²) in [7, 11) is 0. The second kappa shape index (κ2) is 6.27. The number of benzene rings is 2. The Hall–Kier alpha value is -1.54. The first-order valence-corrected chi connectivity index (χ1v) is 7.76. The van der Waals surface area contributed by atoms with E-state index in [0.29, 0.717) is 5.75 Å². The molecule has 0 aliphatic carbocycles. The number of thioether (sulfide) groups is 1. The maximum Gasteiger partial charge on any atom is 0.173 e. The van der Waals surface area contributed by atoms with Gasteiger partial charge in [-0.15, -0.1) is 11.8 Å². The highest BCUT2D eigenvalue weighted by Gasteiger charge is 2.10. The summed E-state index contributed by atoms with van der Waals surface area (Å²) in [6, 6.07) is 12.4. The number of carbonyl (C=O) groups is 1. The molecule has 0 spiro atoms. The Kier molecular flexibility index (Phi) is 4.66. The first-order valence-electron chi connectivity index (χ1n) is 6.78. The number of rotatable bonds is 4. The third kappa shape index (κ3) is 3.51. The third-order valence-corrected chi connectivity index (χ3v) is 4.55. The minimum absolute atomic E-state index is 0.206. The molecule has 0 aliphatic rings. The summed E-state index contributed by atoms with van der Waals surface area (Å²) in [5.41, 5.74) is 5.51. The lowest BCUT2D eigenvalue weighted by Gasteiger charge is -2.08. The summed E-state index contributed by atoms with van der Waals surface area (Å²) < 4.78 is 0. The van der Waals surface area contributed by atoms with Gasteiger partial charge in [-0.1, -0.05) is 35.4 Å². The van der Waals surface area contributed by atoms with Crippen molar-refractivity contribution in [3.05, 3.63) is 64.2 Å². The van der Waals surface area contributed by atoms with Crippen molar-refractivity contribution in [2.75, 3.05) is 5.75 Å². The zero-order chi connectivity index (χ0) is 14.7. The van der Waals surface area contributed by atoms with Crippen molar-refractivity contribution in [1.29, 1.82) is 0 Å².